The minimum absolute atomic E-state index is 0.168. The van der Waals surface area contributed by atoms with E-state index in [0.717, 1.165) is 52.4 Å². The number of rotatable bonds is 6. The lowest BCUT2D eigenvalue weighted by Gasteiger charge is -2.30. The van der Waals surface area contributed by atoms with Crippen molar-refractivity contribution in [2.24, 2.45) is 5.73 Å². The van der Waals surface area contributed by atoms with Crippen molar-refractivity contribution in [3.63, 3.8) is 0 Å². The van der Waals surface area contributed by atoms with Crippen LogP contribution in [0, 0.1) is 0 Å². The largest absolute Gasteiger partial charge is 0.379 e. The van der Waals surface area contributed by atoms with Gasteiger partial charge >= 0.3 is 0 Å². The summed E-state index contributed by atoms with van der Waals surface area (Å²) in [5.74, 6) is 0. The Balaban J connectivity index is 2.09. The second kappa shape index (κ2) is 6.43. The van der Waals surface area contributed by atoms with Gasteiger partial charge in [-0.15, -0.1) is 0 Å². The molecular formula is C11H25N3O. The van der Waals surface area contributed by atoms with E-state index in [1.54, 1.807) is 0 Å². The Kier molecular flexibility index (Phi) is 5.53. The number of nitrogens with one attached hydrogen (secondary N) is 1. The standard InChI is InChI=1S/C11H25N3O/c1-11(2,3-4-12)13-5-6-14-7-9-15-10-8-14/h13H,3-10,12H2,1-2H3. The first-order chi connectivity index (χ1) is 7.14. The first kappa shape index (κ1) is 12.9. The quantitative estimate of drug-likeness (QED) is 0.656. The van der Waals surface area contributed by atoms with Gasteiger partial charge in [-0.1, -0.05) is 0 Å². The van der Waals surface area contributed by atoms with Crippen molar-refractivity contribution >= 4 is 0 Å². The highest BCUT2D eigenvalue weighted by molar-refractivity contribution is 4.78. The number of nitrogens with zero attached hydrogens (tertiary/aromatic N) is 1. The molecule has 0 atom stereocenters. The van der Waals surface area contributed by atoms with Crippen LogP contribution >= 0.6 is 0 Å². The number of hydrogen-bond donors (Lipinski definition) is 2. The minimum atomic E-state index is 0.168. The average molecular weight is 215 g/mol. The Morgan fingerprint density at radius 1 is 1.33 bits per heavy atom. The Labute approximate surface area is 93.1 Å². The highest BCUT2D eigenvalue weighted by Gasteiger charge is 2.16. The van der Waals surface area contributed by atoms with Crippen LogP contribution in [0.3, 0.4) is 0 Å². The maximum absolute atomic E-state index is 5.56. The summed E-state index contributed by atoms with van der Waals surface area (Å²) in [5.41, 5.74) is 5.73. The Morgan fingerprint density at radius 2 is 2.00 bits per heavy atom. The average Bonchev–Trinajstić information content (AvgIpc) is 2.19. The molecule has 0 aliphatic carbocycles. The molecule has 1 aliphatic rings. The molecule has 4 nitrogen and oxygen atoms in total. The lowest BCUT2D eigenvalue weighted by atomic mass is 10.0. The third kappa shape index (κ3) is 5.47. The molecule has 0 unspecified atom stereocenters. The Bertz CT molecular complexity index is 167. The van der Waals surface area contributed by atoms with Gasteiger partial charge in [-0.05, 0) is 26.8 Å². The number of hydrogen-bond acceptors (Lipinski definition) is 4. The SMILES string of the molecule is CC(C)(CCN)NCCN1CCOCC1. The van der Waals surface area contributed by atoms with Crippen LogP contribution in [0.4, 0.5) is 0 Å². The Hall–Kier alpha value is -0.160. The van der Waals surface area contributed by atoms with Crippen LogP contribution in [0.15, 0.2) is 0 Å². The Morgan fingerprint density at radius 3 is 2.60 bits per heavy atom. The lowest BCUT2D eigenvalue weighted by Crippen LogP contribution is -2.46. The molecule has 1 rings (SSSR count). The van der Waals surface area contributed by atoms with Crippen LogP contribution in [-0.4, -0.2) is 56.4 Å². The summed E-state index contributed by atoms with van der Waals surface area (Å²) in [5, 5.41) is 3.54. The molecule has 0 amide bonds. The van der Waals surface area contributed by atoms with Crippen molar-refractivity contribution in [2.75, 3.05) is 45.9 Å². The minimum Gasteiger partial charge on any atom is -0.379 e. The molecule has 1 fully saturated rings. The maximum atomic E-state index is 5.56. The molecule has 90 valence electrons. The van der Waals surface area contributed by atoms with Crippen LogP contribution in [0.25, 0.3) is 0 Å². The summed E-state index contributed by atoms with van der Waals surface area (Å²) in [6, 6.07) is 0. The van der Waals surface area contributed by atoms with Gasteiger partial charge in [-0.2, -0.15) is 0 Å². The van der Waals surface area contributed by atoms with E-state index in [1.807, 2.05) is 0 Å². The number of ether oxygens (including phenoxy) is 1. The van der Waals surface area contributed by atoms with Gasteiger partial charge in [-0.25, -0.2) is 0 Å². The zero-order chi connectivity index (χ0) is 11.1. The molecule has 1 aliphatic heterocycles. The topological polar surface area (TPSA) is 50.5 Å². The molecule has 0 spiro atoms. The second-order valence-corrected chi connectivity index (χ2v) is 4.80. The molecule has 0 saturated carbocycles. The fourth-order valence-corrected chi connectivity index (χ4v) is 1.83. The third-order valence-electron chi connectivity index (χ3n) is 2.90. The molecule has 1 heterocycles. The van der Waals surface area contributed by atoms with Gasteiger partial charge in [0, 0.05) is 31.7 Å². The number of nitrogens with two attached hydrogens (primary N) is 1. The van der Waals surface area contributed by atoms with E-state index in [2.05, 4.69) is 24.1 Å². The molecule has 4 heteroatoms. The van der Waals surface area contributed by atoms with Gasteiger partial charge < -0.3 is 15.8 Å². The summed E-state index contributed by atoms with van der Waals surface area (Å²) >= 11 is 0. The zero-order valence-corrected chi connectivity index (χ0v) is 10.1. The molecule has 0 aromatic heterocycles. The zero-order valence-electron chi connectivity index (χ0n) is 10.1. The van der Waals surface area contributed by atoms with Crippen molar-refractivity contribution in [2.45, 2.75) is 25.8 Å². The van der Waals surface area contributed by atoms with Crippen LogP contribution in [0.5, 0.6) is 0 Å². The molecular weight excluding hydrogens is 190 g/mol. The fourth-order valence-electron chi connectivity index (χ4n) is 1.83. The predicted molar refractivity (Wildman–Crippen MR) is 63.0 cm³/mol. The summed E-state index contributed by atoms with van der Waals surface area (Å²) in [6.07, 6.45) is 1.02. The summed E-state index contributed by atoms with van der Waals surface area (Å²) in [6.45, 7) is 11.2. The van der Waals surface area contributed by atoms with Crippen molar-refractivity contribution in [1.82, 2.24) is 10.2 Å². The van der Waals surface area contributed by atoms with Crippen molar-refractivity contribution in [1.29, 1.82) is 0 Å². The molecule has 0 radical (unpaired) electrons. The fraction of sp³-hybridized carbons (Fsp3) is 1.00. The molecule has 15 heavy (non-hydrogen) atoms. The lowest BCUT2D eigenvalue weighted by molar-refractivity contribution is 0.0376. The van der Waals surface area contributed by atoms with Crippen LogP contribution in [-0.2, 0) is 4.74 Å². The van der Waals surface area contributed by atoms with E-state index in [0.29, 0.717) is 0 Å². The van der Waals surface area contributed by atoms with Gasteiger partial charge in [0.2, 0.25) is 0 Å². The van der Waals surface area contributed by atoms with Crippen LogP contribution in [0.1, 0.15) is 20.3 Å². The molecule has 3 N–H and O–H groups in total. The van der Waals surface area contributed by atoms with Crippen molar-refractivity contribution in [3.05, 3.63) is 0 Å². The van der Waals surface area contributed by atoms with Crippen molar-refractivity contribution in [3.8, 4) is 0 Å². The maximum Gasteiger partial charge on any atom is 0.0594 e. The van der Waals surface area contributed by atoms with Crippen LogP contribution < -0.4 is 11.1 Å². The first-order valence-corrected chi connectivity index (χ1v) is 5.89. The van der Waals surface area contributed by atoms with E-state index >= 15 is 0 Å². The van der Waals surface area contributed by atoms with Gasteiger partial charge in [0.1, 0.15) is 0 Å². The van der Waals surface area contributed by atoms with E-state index in [9.17, 15) is 0 Å². The van der Waals surface area contributed by atoms with E-state index in [-0.39, 0.29) is 5.54 Å². The molecule has 1 saturated heterocycles. The summed E-state index contributed by atoms with van der Waals surface area (Å²) in [7, 11) is 0. The monoisotopic (exact) mass is 215 g/mol. The smallest absolute Gasteiger partial charge is 0.0594 e. The first-order valence-electron chi connectivity index (χ1n) is 5.89. The number of morpholine rings is 1. The van der Waals surface area contributed by atoms with E-state index in [1.165, 1.54) is 0 Å². The van der Waals surface area contributed by atoms with Crippen molar-refractivity contribution < 1.29 is 4.74 Å². The summed E-state index contributed by atoms with van der Waals surface area (Å²) < 4.78 is 5.31. The van der Waals surface area contributed by atoms with Crippen LogP contribution in [0.2, 0.25) is 0 Å². The molecule has 0 bridgehead atoms. The molecule has 0 aromatic carbocycles. The molecule has 0 aromatic rings. The van der Waals surface area contributed by atoms with E-state index in [4.69, 9.17) is 10.5 Å². The third-order valence-corrected chi connectivity index (χ3v) is 2.90. The highest BCUT2D eigenvalue weighted by atomic mass is 16.5. The summed E-state index contributed by atoms with van der Waals surface area (Å²) in [4.78, 5) is 2.44. The van der Waals surface area contributed by atoms with Gasteiger partial charge in [0.15, 0.2) is 0 Å². The van der Waals surface area contributed by atoms with Gasteiger partial charge in [0.05, 0.1) is 13.2 Å². The second-order valence-electron chi connectivity index (χ2n) is 4.80. The highest BCUT2D eigenvalue weighted by Crippen LogP contribution is 2.06. The van der Waals surface area contributed by atoms with Gasteiger partial charge in [0.25, 0.3) is 0 Å². The normalized spacial score (nSPS) is 19.4. The van der Waals surface area contributed by atoms with Gasteiger partial charge in [-0.3, -0.25) is 4.90 Å². The predicted octanol–water partition coefficient (Wildman–Crippen LogP) is 0.0356. The van der Waals surface area contributed by atoms with E-state index < -0.39 is 0 Å².